The topological polar surface area (TPSA) is 35.5 Å². The van der Waals surface area contributed by atoms with Crippen LogP contribution in [0.4, 0.5) is 0 Å². The molecule has 0 amide bonds. The normalized spacial score (nSPS) is 51.7. The lowest BCUT2D eigenvalue weighted by atomic mass is 9.46. The number of fused-ring (bicyclic) bond motifs is 6. The number of carbonyl (C=O) groups is 1. The first-order chi connectivity index (χ1) is 12.0. The van der Waals surface area contributed by atoms with Crippen molar-refractivity contribution in [2.24, 2.45) is 34.5 Å². The van der Waals surface area contributed by atoms with Gasteiger partial charge in [0.2, 0.25) is 0 Å². The molecule has 0 aromatic heterocycles. The Morgan fingerprint density at radius 2 is 1.68 bits per heavy atom. The predicted octanol–water partition coefficient (Wildman–Crippen LogP) is 4.73. The summed E-state index contributed by atoms with van der Waals surface area (Å²) in [7, 11) is 0. The monoisotopic (exact) mass is 346 g/mol. The quantitative estimate of drug-likeness (QED) is 0.636. The van der Waals surface area contributed by atoms with Crippen molar-refractivity contribution in [3.8, 4) is 0 Å². The van der Waals surface area contributed by atoms with Gasteiger partial charge in [0.1, 0.15) is 5.78 Å². The third-order valence-corrected chi connectivity index (χ3v) is 9.51. The van der Waals surface area contributed by atoms with Gasteiger partial charge < -0.3 is 9.47 Å². The van der Waals surface area contributed by atoms with E-state index in [0.29, 0.717) is 17.1 Å². The number of carbonyl (C=O) groups excluding carboxylic acids is 1. The Balaban J connectivity index is 1.46. The van der Waals surface area contributed by atoms with Gasteiger partial charge in [0, 0.05) is 24.7 Å². The lowest BCUT2D eigenvalue weighted by molar-refractivity contribution is -0.246. The van der Waals surface area contributed by atoms with Gasteiger partial charge in [-0.15, -0.1) is 0 Å². The van der Waals surface area contributed by atoms with Gasteiger partial charge in [-0.3, -0.25) is 4.79 Å². The average Bonchev–Trinajstić information content (AvgIpc) is 3.13. The molecule has 5 rings (SSSR count). The maximum atomic E-state index is 12.2. The second-order valence-corrected chi connectivity index (χ2v) is 10.2. The Morgan fingerprint density at radius 3 is 2.48 bits per heavy atom. The summed E-state index contributed by atoms with van der Waals surface area (Å²) in [5.41, 5.74) is 0.595. The molecule has 6 atom stereocenters. The smallest absolute Gasteiger partial charge is 0.174 e. The molecule has 1 heterocycles. The van der Waals surface area contributed by atoms with E-state index in [0.717, 1.165) is 56.7 Å². The van der Waals surface area contributed by atoms with Crippen molar-refractivity contribution in [2.45, 2.75) is 83.8 Å². The molecule has 0 aromatic carbocycles. The summed E-state index contributed by atoms with van der Waals surface area (Å²) < 4.78 is 12.5. The molecule has 25 heavy (non-hydrogen) atoms. The molecule has 3 nitrogen and oxygen atoms in total. The van der Waals surface area contributed by atoms with E-state index in [1.54, 1.807) is 0 Å². The van der Waals surface area contributed by atoms with E-state index in [1.807, 2.05) is 0 Å². The van der Waals surface area contributed by atoms with E-state index < -0.39 is 0 Å². The van der Waals surface area contributed by atoms with Crippen LogP contribution in [0.15, 0.2) is 0 Å². The summed E-state index contributed by atoms with van der Waals surface area (Å²) in [6.07, 6.45) is 11.6. The highest BCUT2D eigenvalue weighted by molar-refractivity contribution is 5.79. The van der Waals surface area contributed by atoms with E-state index >= 15 is 0 Å². The highest BCUT2D eigenvalue weighted by Gasteiger charge is 2.67. The van der Waals surface area contributed by atoms with Crippen molar-refractivity contribution in [2.75, 3.05) is 13.2 Å². The molecule has 5 aliphatic rings. The van der Waals surface area contributed by atoms with E-state index in [4.69, 9.17) is 9.47 Å². The molecule has 1 saturated heterocycles. The molecule has 4 aliphatic carbocycles. The largest absolute Gasteiger partial charge is 0.347 e. The van der Waals surface area contributed by atoms with E-state index in [1.165, 1.54) is 38.5 Å². The number of hydrogen-bond donors (Lipinski definition) is 0. The maximum Gasteiger partial charge on any atom is 0.174 e. The number of rotatable bonds is 0. The van der Waals surface area contributed by atoms with Crippen LogP contribution in [-0.2, 0) is 14.3 Å². The molecular weight excluding hydrogens is 312 g/mol. The van der Waals surface area contributed by atoms with Crippen molar-refractivity contribution >= 4 is 5.78 Å². The lowest BCUT2D eigenvalue weighted by Gasteiger charge is -2.59. The molecule has 1 spiro atoms. The van der Waals surface area contributed by atoms with Crippen LogP contribution >= 0.6 is 0 Å². The van der Waals surface area contributed by atoms with Crippen LogP contribution in [0.1, 0.15) is 78.1 Å². The zero-order valence-corrected chi connectivity index (χ0v) is 16.0. The summed E-state index contributed by atoms with van der Waals surface area (Å²) in [5.74, 6) is 3.27. The molecule has 5 fully saturated rings. The summed E-state index contributed by atoms with van der Waals surface area (Å²) in [5, 5.41) is 0. The highest BCUT2D eigenvalue weighted by Crippen LogP contribution is 2.69. The summed E-state index contributed by atoms with van der Waals surface area (Å²) >= 11 is 0. The van der Waals surface area contributed by atoms with Crippen molar-refractivity contribution in [1.29, 1.82) is 0 Å². The minimum atomic E-state index is -0.278. The average molecular weight is 347 g/mol. The lowest BCUT2D eigenvalue weighted by Crippen LogP contribution is -2.55. The number of Topliss-reactive ketones (excluding diaryl/α,β-unsaturated/α-hetero) is 1. The Labute approximate surface area is 152 Å². The zero-order chi connectivity index (χ0) is 17.3. The second kappa shape index (κ2) is 5.55. The highest BCUT2D eigenvalue weighted by atomic mass is 16.7. The van der Waals surface area contributed by atoms with Gasteiger partial charge in [0.15, 0.2) is 5.79 Å². The van der Waals surface area contributed by atoms with Crippen LogP contribution in [0, 0.1) is 34.5 Å². The first-order valence-corrected chi connectivity index (χ1v) is 10.8. The van der Waals surface area contributed by atoms with Gasteiger partial charge in [0.05, 0.1) is 13.2 Å². The minimum Gasteiger partial charge on any atom is -0.347 e. The summed E-state index contributed by atoms with van der Waals surface area (Å²) in [4.78, 5) is 12.2. The van der Waals surface area contributed by atoms with Crippen LogP contribution in [-0.4, -0.2) is 24.8 Å². The predicted molar refractivity (Wildman–Crippen MR) is 96.0 cm³/mol. The van der Waals surface area contributed by atoms with Gasteiger partial charge in [-0.05, 0) is 74.0 Å². The third kappa shape index (κ3) is 2.15. The van der Waals surface area contributed by atoms with Crippen LogP contribution < -0.4 is 0 Å². The third-order valence-electron chi connectivity index (χ3n) is 9.51. The van der Waals surface area contributed by atoms with Crippen LogP contribution in [0.2, 0.25) is 0 Å². The Morgan fingerprint density at radius 1 is 0.920 bits per heavy atom. The zero-order valence-electron chi connectivity index (χ0n) is 16.0. The Kier molecular flexibility index (Phi) is 3.71. The molecule has 3 unspecified atom stereocenters. The molecule has 4 saturated carbocycles. The molecular formula is C22H34O3. The van der Waals surface area contributed by atoms with Crippen molar-refractivity contribution in [1.82, 2.24) is 0 Å². The second-order valence-electron chi connectivity index (χ2n) is 10.2. The molecule has 0 N–H and O–H groups in total. The summed E-state index contributed by atoms with van der Waals surface area (Å²) in [6.45, 7) is 6.57. The van der Waals surface area contributed by atoms with Crippen LogP contribution in [0.5, 0.6) is 0 Å². The molecule has 0 radical (unpaired) electrons. The minimum absolute atomic E-state index is 0.203. The fourth-order valence-electron chi connectivity index (χ4n) is 8.19. The van der Waals surface area contributed by atoms with Crippen molar-refractivity contribution in [3.05, 3.63) is 0 Å². The molecule has 0 bridgehead atoms. The maximum absolute atomic E-state index is 12.2. The van der Waals surface area contributed by atoms with Gasteiger partial charge in [0.25, 0.3) is 0 Å². The Hall–Kier alpha value is -0.410. The molecule has 0 aromatic rings. The standard InChI is InChI=1S/C22H34O3/c1-20-9-3-4-16(23)14-15(20)5-6-17-18(20)7-10-21(2)19(17)8-11-22(21)24-12-13-25-22/h15,17-19H,3-14H2,1-2H3/t15?,17-,18?,19?,20+,21+/m1/s1. The van der Waals surface area contributed by atoms with Gasteiger partial charge in [-0.1, -0.05) is 13.8 Å². The van der Waals surface area contributed by atoms with Gasteiger partial charge in [-0.2, -0.15) is 0 Å². The fraction of sp³-hybridized carbons (Fsp3) is 0.955. The summed E-state index contributed by atoms with van der Waals surface area (Å²) in [6, 6.07) is 0. The van der Waals surface area contributed by atoms with Crippen molar-refractivity contribution in [3.63, 3.8) is 0 Å². The van der Waals surface area contributed by atoms with Crippen molar-refractivity contribution < 1.29 is 14.3 Å². The van der Waals surface area contributed by atoms with Gasteiger partial charge in [-0.25, -0.2) is 0 Å². The first-order valence-electron chi connectivity index (χ1n) is 10.8. The number of hydrogen-bond acceptors (Lipinski definition) is 3. The number of ether oxygens (including phenoxy) is 2. The number of ketones is 1. The van der Waals surface area contributed by atoms with Gasteiger partial charge >= 0.3 is 0 Å². The Bertz CT molecular complexity index is 566. The fourth-order valence-corrected chi connectivity index (χ4v) is 8.19. The van der Waals surface area contributed by atoms with E-state index in [9.17, 15) is 4.79 Å². The first kappa shape index (κ1) is 16.7. The van der Waals surface area contributed by atoms with Crippen LogP contribution in [0.25, 0.3) is 0 Å². The molecule has 140 valence electrons. The SMILES string of the molecule is C[C@]12CCCC(=O)CC1CC[C@@H]1C2CC[C@@]2(C)C1CCC21OCCO1. The molecule has 1 aliphatic heterocycles. The van der Waals surface area contributed by atoms with Crippen LogP contribution in [0.3, 0.4) is 0 Å². The van der Waals surface area contributed by atoms with E-state index in [2.05, 4.69) is 13.8 Å². The van der Waals surface area contributed by atoms with E-state index in [-0.39, 0.29) is 11.2 Å². The molecule has 3 heteroatoms.